The molecule has 4 nitrogen and oxygen atoms in total. The van der Waals surface area contributed by atoms with Crippen molar-refractivity contribution in [3.63, 3.8) is 0 Å². The summed E-state index contributed by atoms with van der Waals surface area (Å²) in [7, 11) is 0. The molecule has 2 atom stereocenters. The molecule has 2 saturated heterocycles. The average molecular weight is 395 g/mol. The van der Waals surface area contributed by atoms with E-state index in [9.17, 15) is 0 Å². The Morgan fingerprint density at radius 1 is 0.655 bits per heavy atom. The van der Waals surface area contributed by atoms with Crippen molar-refractivity contribution in [1.82, 2.24) is 10.6 Å². The van der Waals surface area contributed by atoms with Gasteiger partial charge in [0.15, 0.2) is 0 Å². The van der Waals surface area contributed by atoms with E-state index in [1.54, 1.807) is 0 Å². The fourth-order valence-electron chi connectivity index (χ4n) is 4.20. The van der Waals surface area contributed by atoms with Crippen molar-refractivity contribution >= 4 is 0 Å². The van der Waals surface area contributed by atoms with Crippen LogP contribution in [0.15, 0.2) is 48.5 Å². The second-order valence-corrected chi connectivity index (χ2v) is 8.51. The molecule has 2 aliphatic heterocycles. The van der Waals surface area contributed by atoms with Crippen LogP contribution in [0.3, 0.4) is 0 Å². The van der Waals surface area contributed by atoms with Crippen molar-refractivity contribution in [1.29, 1.82) is 0 Å². The predicted octanol–water partition coefficient (Wildman–Crippen LogP) is 4.03. The Morgan fingerprint density at radius 3 is 1.48 bits per heavy atom. The van der Waals surface area contributed by atoms with Crippen molar-refractivity contribution in [3.05, 3.63) is 59.7 Å². The van der Waals surface area contributed by atoms with Crippen molar-refractivity contribution in [3.8, 4) is 11.5 Å². The van der Waals surface area contributed by atoms with Gasteiger partial charge in [0, 0.05) is 24.9 Å². The van der Waals surface area contributed by atoms with Gasteiger partial charge in [0.2, 0.25) is 0 Å². The van der Waals surface area contributed by atoms with E-state index in [4.69, 9.17) is 9.47 Å². The first-order valence-corrected chi connectivity index (χ1v) is 11.2. The molecule has 2 aliphatic rings. The second-order valence-electron chi connectivity index (χ2n) is 8.51. The standard InChI is InChI=1S/C25H34N2O2/c1-3-22(16-26-13-1)18-28-24-9-5-20(6-10-24)15-21-7-11-25(12-8-21)29-19-23-4-2-14-27-17-23/h5-12,22-23,26-27H,1-4,13-19H2. The number of rotatable bonds is 8. The Morgan fingerprint density at radius 2 is 1.10 bits per heavy atom. The molecule has 4 heteroatoms. The summed E-state index contributed by atoms with van der Waals surface area (Å²) in [5.41, 5.74) is 2.61. The molecule has 0 spiro atoms. The van der Waals surface area contributed by atoms with Crippen LogP contribution < -0.4 is 20.1 Å². The smallest absolute Gasteiger partial charge is 0.119 e. The van der Waals surface area contributed by atoms with Gasteiger partial charge in [-0.3, -0.25) is 0 Å². The molecule has 2 aromatic carbocycles. The van der Waals surface area contributed by atoms with E-state index >= 15 is 0 Å². The first-order chi connectivity index (χ1) is 14.3. The molecule has 0 radical (unpaired) electrons. The van der Waals surface area contributed by atoms with Crippen LogP contribution in [-0.2, 0) is 6.42 Å². The topological polar surface area (TPSA) is 42.5 Å². The summed E-state index contributed by atoms with van der Waals surface area (Å²) < 4.78 is 12.0. The highest BCUT2D eigenvalue weighted by Gasteiger charge is 2.14. The predicted molar refractivity (Wildman–Crippen MR) is 118 cm³/mol. The van der Waals surface area contributed by atoms with Crippen LogP contribution in [0.2, 0.25) is 0 Å². The normalized spacial score (nSPS) is 22.2. The number of nitrogens with one attached hydrogen (secondary N) is 2. The van der Waals surface area contributed by atoms with Crippen molar-refractivity contribution in [2.75, 3.05) is 39.4 Å². The number of benzene rings is 2. The Bertz CT molecular complexity index is 654. The third kappa shape index (κ3) is 6.48. The lowest BCUT2D eigenvalue weighted by atomic mass is 10.0. The largest absolute Gasteiger partial charge is 0.493 e. The molecule has 0 saturated carbocycles. The zero-order chi connectivity index (χ0) is 19.7. The lowest BCUT2D eigenvalue weighted by Crippen LogP contribution is -2.33. The number of hydrogen-bond donors (Lipinski definition) is 2. The maximum atomic E-state index is 5.98. The lowest BCUT2D eigenvalue weighted by molar-refractivity contribution is 0.218. The molecule has 2 unspecified atom stereocenters. The monoisotopic (exact) mass is 394 g/mol. The molecule has 156 valence electrons. The van der Waals surface area contributed by atoms with Crippen LogP contribution in [0.25, 0.3) is 0 Å². The summed E-state index contributed by atoms with van der Waals surface area (Å²) in [4.78, 5) is 0. The molecule has 2 aromatic rings. The minimum Gasteiger partial charge on any atom is -0.493 e. The first kappa shape index (κ1) is 20.2. The van der Waals surface area contributed by atoms with Crippen LogP contribution in [0, 0.1) is 11.8 Å². The highest BCUT2D eigenvalue weighted by Crippen LogP contribution is 2.20. The fraction of sp³-hybridized carbons (Fsp3) is 0.520. The third-order valence-corrected chi connectivity index (χ3v) is 6.02. The van der Waals surface area contributed by atoms with E-state index in [1.165, 1.54) is 36.8 Å². The number of ether oxygens (including phenoxy) is 2. The van der Waals surface area contributed by atoms with Gasteiger partial charge in [-0.25, -0.2) is 0 Å². The van der Waals surface area contributed by atoms with E-state index in [0.717, 1.165) is 57.3 Å². The highest BCUT2D eigenvalue weighted by atomic mass is 16.5. The molecule has 4 rings (SSSR count). The molecule has 2 N–H and O–H groups in total. The maximum absolute atomic E-state index is 5.98. The van der Waals surface area contributed by atoms with Gasteiger partial charge in [-0.1, -0.05) is 24.3 Å². The quantitative estimate of drug-likeness (QED) is 0.709. The van der Waals surface area contributed by atoms with Crippen LogP contribution in [0.4, 0.5) is 0 Å². The van der Waals surface area contributed by atoms with E-state index < -0.39 is 0 Å². The van der Waals surface area contributed by atoms with Gasteiger partial charge in [-0.05, 0) is 80.6 Å². The van der Waals surface area contributed by atoms with Crippen molar-refractivity contribution < 1.29 is 9.47 Å². The molecular formula is C25H34N2O2. The van der Waals surface area contributed by atoms with Gasteiger partial charge in [-0.2, -0.15) is 0 Å². The molecule has 0 amide bonds. The zero-order valence-corrected chi connectivity index (χ0v) is 17.4. The van der Waals surface area contributed by atoms with Crippen LogP contribution in [-0.4, -0.2) is 39.4 Å². The van der Waals surface area contributed by atoms with Gasteiger partial charge in [0.05, 0.1) is 13.2 Å². The van der Waals surface area contributed by atoms with Gasteiger partial charge in [-0.15, -0.1) is 0 Å². The summed E-state index contributed by atoms with van der Waals surface area (Å²) in [6.45, 7) is 6.08. The minimum atomic E-state index is 0.638. The average Bonchev–Trinajstić information content (AvgIpc) is 2.80. The molecular weight excluding hydrogens is 360 g/mol. The van der Waals surface area contributed by atoms with Gasteiger partial charge < -0.3 is 20.1 Å². The van der Waals surface area contributed by atoms with Gasteiger partial charge in [0.1, 0.15) is 11.5 Å². The number of hydrogen-bond acceptors (Lipinski definition) is 4. The van der Waals surface area contributed by atoms with E-state index in [1.807, 2.05) is 0 Å². The van der Waals surface area contributed by atoms with Crippen LogP contribution in [0.5, 0.6) is 11.5 Å². The van der Waals surface area contributed by atoms with E-state index in [-0.39, 0.29) is 0 Å². The molecule has 0 aromatic heterocycles. The number of piperidine rings is 2. The Hall–Kier alpha value is -2.04. The van der Waals surface area contributed by atoms with Crippen molar-refractivity contribution in [2.45, 2.75) is 32.1 Å². The lowest BCUT2D eigenvalue weighted by Gasteiger charge is -2.22. The third-order valence-electron chi connectivity index (χ3n) is 6.02. The summed E-state index contributed by atoms with van der Waals surface area (Å²) in [6, 6.07) is 17.1. The molecule has 0 bridgehead atoms. The molecule has 0 aliphatic carbocycles. The molecule has 29 heavy (non-hydrogen) atoms. The highest BCUT2D eigenvalue weighted by molar-refractivity contribution is 5.34. The maximum Gasteiger partial charge on any atom is 0.119 e. The van der Waals surface area contributed by atoms with Gasteiger partial charge >= 0.3 is 0 Å². The minimum absolute atomic E-state index is 0.638. The fourth-order valence-corrected chi connectivity index (χ4v) is 4.20. The van der Waals surface area contributed by atoms with Crippen LogP contribution in [0.1, 0.15) is 36.8 Å². The Balaban J connectivity index is 1.22. The summed E-state index contributed by atoms with van der Waals surface area (Å²) in [5.74, 6) is 3.22. The zero-order valence-electron chi connectivity index (χ0n) is 17.4. The Kier molecular flexibility index (Phi) is 7.44. The summed E-state index contributed by atoms with van der Waals surface area (Å²) in [6.07, 6.45) is 5.98. The first-order valence-electron chi connectivity index (χ1n) is 11.2. The van der Waals surface area contributed by atoms with E-state index in [2.05, 4.69) is 59.2 Å². The Labute approximate surface area is 175 Å². The molecule has 2 fully saturated rings. The summed E-state index contributed by atoms with van der Waals surface area (Å²) >= 11 is 0. The SMILES string of the molecule is c1cc(OCC2CCCNC2)ccc1Cc1ccc(OCC2CCCNC2)cc1. The van der Waals surface area contributed by atoms with Crippen LogP contribution >= 0.6 is 0 Å². The van der Waals surface area contributed by atoms with E-state index in [0.29, 0.717) is 11.8 Å². The summed E-state index contributed by atoms with van der Waals surface area (Å²) in [5, 5.41) is 6.89. The second kappa shape index (κ2) is 10.7. The van der Waals surface area contributed by atoms with Crippen molar-refractivity contribution in [2.24, 2.45) is 11.8 Å². The van der Waals surface area contributed by atoms with Gasteiger partial charge in [0.25, 0.3) is 0 Å². The molecule has 2 heterocycles.